The maximum absolute atomic E-state index is 12.4. The average molecular weight is 261 g/mol. The largest absolute Gasteiger partial charge is 0.316 e. The second-order valence-corrected chi connectivity index (χ2v) is 7.17. The molecule has 1 N–H and O–H groups in total. The molecule has 2 saturated heterocycles. The van der Waals surface area contributed by atoms with Crippen molar-refractivity contribution < 1.29 is 8.42 Å². The molecule has 0 spiro atoms. The minimum Gasteiger partial charge on any atom is -0.316 e. The molecule has 5 nitrogen and oxygen atoms in total. The Balaban J connectivity index is 2.04. The van der Waals surface area contributed by atoms with Gasteiger partial charge in [-0.25, -0.2) is 0 Å². The van der Waals surface area contributed by atoms with Crippen LogP contribution in [-0.2, 0) is 10.2 Å². The Hall–Kier alpha value is -0.170. The van der Waals surface area contributed by atoms with Crippen LogP contribution in [0.2, 0.25) is 0 Å². The lowest BCUT2D eigenvalue weighted by atomic mass is 10.1. The summed E-state index contributed by atoms with van der Waals surface area (Å²) in [5, 5.41) is 3.18. The predicted octanol–water partition coefficient (Wildman–Crippen LogP) is 0.257. The number of piperidine rings is 1. The van der Waals surface area contributed by atoms with Crippen LogP contribution in [0.4, 0.5) is 0 Å². The molecule has 2 heterocycles. The molecule has 0 amide bonds. The topological polar surface area (TPSA) is 52.7 Å². The van der Waals surface area contributed by atoms with Crippen molar-refractivity contribution in [2.45, 2.75) is 32.2 Å². The molecule has 2 atom stereocenters. The van der Waals surface area contributed by atoms with E-state index in [9.17, 15) is 8.42 Å². The second-order valence-electron chi connectivity index (χ2n) is 5.25. The molecule has 0 aromatic carbocycles. The Morgan fingerprint density at radius 3 is 2.41 bits per heavy atom. The van der Waals surface area contributed by atoms with E-state index in [4.69, 9.17) is 0 Å². The van der Waals surface area contributed by atoms with Gasteiger partial charge < -0.3 is 5.32 Å². The predicted molar refractivity (Wildman–Crippen MR) is 67.9 cm³/mol. The summed E-state index contributed by atoms with van der Waals surface area (Å²) in [5.41, 5.74) is 0. The summed E-state index contributed by atoms with van der Waals surface area (Å²) in [7, 11) is -1.31. The molecule has 2 aliphatic rings. The fourth-order valence-electron chi connectivity index (χ4n) is 2.66. The Bertz CT molecular complexity index is 358. The molecule has 100 valence electrons. The quantitative estimate of drug-likeness (QED) is 0.793. The highest BCUT2D eigenvalue weighted by molar-refractivity contribution is 7.86. The first-order valence-corrected chi connectivity index (χ1v) is 7.86. The Labute approximate surface area is 104 Å². The maximum atomic E-state index is 12.4. The van der Waals surface area contributed by atoms with Crippen LogP contribution in [0.3, 0.4) is 0 Å². The molecule has 2 aliphatic heterocycles. The van der Waals surface area contributed by atoms with E-state index in [2.05, 4.69) is 12.2 Å². The number of rotatable bonds is 3. The molecule has 0 saturated carbocycles. The lowest BCUT2D eigenvalue weighted by Crippen LogP contribution is -2.51. The van der Waals surface area contributed by atoms with E-state index < -0.39 is 10.2 Å². The first-order valence-electron chi connectivity index (χ1n) is 6.46. The van der Waals surface area contributed by atoms with Crippen molar-refractivity contribution in [3.63, 3.8) is 0 Å². The minimum atomic E-state index is -3.21. The molecule has 2 rings (SSSR count). The van der Waals surface area contributed by atoms with Gasteiger partial charge in [0.15, 0.2) is 0 Å². The van der Waals surface area contributed by atoms with Gasteiger partial charge in [0.25, 0.3) is 10.2 Å². The molecular weight excluding hydrogens is 238 g/mol. The minimum absolute atomic E-state index is 0.304. The smallest absolute Gasteiger partial charge is 0.282 e. The van der Waals surface area contributed by atoms with Crippen molar-refractivity contribution in [1.29, 1.82) is 0 Å². The van der Waals surface area contributed by atoms with Crippen LogP contribution in [0, 0.1) is 5.92 Å². The van der Waals surface area contributed by atoms with Crippen molar-refractivity contribution in [2.75, 3.05) is 33.2 Å². The van der Waals surface area contributed by atoms with Crippen LogP contribution in [0.5, 0.6) is 0 Å². The maximum Gasteiger partial charge on any atom is 0.282 e. The van der Waals surface area contributed by atoms with Crippen LogP contribution in [0.15, 0.2) is 0 Å². The fourth-order valence-corrected chi connectivity index (χ4v) is 4.49. The molecule has 17 heavy (non-hydrogen) atoms. The van der Waals surface area contributed by atoms with Crippen LogP contribution in [-0.4, -0.2) is 56.3 Å². The van der Waals surface area contributed by atoms with Gasteiger partial charge in [0.05, 0.1) is 0 Å². The summed E-state index contributed by atoms with van der Waals surface area (Å²) >= 11 is 0. The van der Waals surface area contributed by atoms with Crippen LogP contribution < -0.4 is 5.32 Å². The molecular formula is C11H23N3O2S. The lowest BCUT2D eigenvalue weighted by molar-refractivity contribution is 0.273. The van der Waals surface area contributed by atoms with Crippen molar-refractivity contribution >= 4 is 10.2 Å². The molecule has 2 unspecified atom stereocenters. The third kappa shape index (κ3) is 2.81. The summed E-state index contributed by atoms with van der Waals surface area (Å²) in [6.45, 7) is 4.77. The van der Waals surface area contributed by atoms with E-state index in [0.717, 1.165) is 19.3 Å². The van der Waals surface area contributed by atoms with Gasteiger partial charge in [-0.2, -0.15) is 17.0 Å². The van der Waals surface area contributed by atoms with E-state index in [-0.39, 0.29) is 0 Å². The second kappa shape index (κ2) is 5.22. The highest BCUT2D eigenvalue weighted by atomic mass is 32.2. The summed E-state index contributed by atoms with van der Waals surface area (Å²) in [6, 6.07) is 0.304. The number of nitrogens with one attached hydrogen (secondary N) is 1. The van der Waals surface area contributed by atoms with Crippen LogP contribution in [0.25, 0.3) is 0 Å². The zero-order valence-corrected chi connectivity index (χ0v) is 11.5. The normalized spacial score (nSPS) is 33.1. The highest BCUT2D eigenvalue weighted by Gasteiger charge is 2.36. The summed E-state index contributed by atoms with van der Waals surface area (Å²) in [5.74, 6) is 0.495. The van der Waals surface area contributed by atoms with E-state index in [1.165, 1.54) is 0 Å². The van der Waals surface area contributed by atoms with E-state index in [1.807, 2.05) is 7.05 Å². The lowest BCUT2D eigenvalue weighted by Gasteiger charge is -2.34. The standard InChI is InChI=1S/C11H23N3O2S/c1-10-5-7-14(8-10)17(15,16)13-6-3-4-11(9-13)12-2/h10-12H,3-9H2,1-2H3. The van der Waals surface area contributed by atoms with Crippen molar-refractivity contribution in [3.8, 4) is 0 Å². The van der Waals surface area contributed by atoms with Crippen LogP contribution >= 0.6 is 0 Å². The highest BCUT2D eigenvalue weighted by Crippen LogP contribution is 2.23. The zero-order valence-electron chi connectivity index (χ0n) is 10.7. The van der Waals surface area contributed by atoms with Gasteiger partial charge >= 0.3 is 0 Å². The van der Waals surface area contributed by atoms with Gasteiger partial charge in [-0.3, -0.25) is 0 Å². The van der Waals surface area contributed by atoms with Gasteiger partial charge in [0.2, 0.25) is 0 Å². The fraction of sp³-hybridized carbons (Fsp3) is 1.00. The van der Waals surface area contributed by atoms with Gasteiger partial charge in [0.1, 0.15) is 0 Å². The molecule has 0 bridgehead atoms. The zero-order chi connectivity index (χ0) is 12.5. The monoisotopic (exact) mass is 261 g/mol. The van der Waals surface area contributed by atoms with E-state index >= 15 is 0 Å². The Morgan fingerprint density at radius 2 is 1.82 bits per heavy atom. The molecule has 0 aliphatic carbocycles. The van der Waals surface area contributed by atoms with Crippen molar-refractivity contribution in [3.05, 3.63) is 0 Å². The van der Waals surface area contributed by atoms with Gasteiger partial charge in [-0.05, 0) is 32.2 Å². The Morgan fingerprint density at radius 1 is 1.12 bits per heavy atom. The van der Waals surface area contributed by atoms with E-state index in [0.29, 0.717) is 38.1 Å². The molecule has 6 heteroatoms. The molecule has 0 aromatic rings. The molecule has 2 fully saturated rings. The molecule has 0 radical (unpaired) electrons. The summed E-state index contributed by atoms with van der Waals surface area (Å²) in [6.07, 6.45) is 3.01. The summed E-state index contributed by atoms with van der Waals surface area (Å²) < 4.78 is 28.1. The van der Waals surface area contributed by atoms with Crippen LogP contribution in [0.1, 0.15) is 26.2 Å². The third-order valence-electron chi connectivity index (χ3n) is 3.83. The SMILES string of the molecule is CNC1CCCN(S(=O)(=O)N2CCC(C)C2)C1. The number of likely N-dealkylation sites (N-methyl/N-ethyl adjacent to an activating group) is 1. The van der Waals surface area contributed by atoms with Gasteiger partial charge in [0, 0.05) is 32.2 Å². The first-order chi connectivity index (χ1) is 8.04. The van der Waals surface area contributed by atoms with E-state index in [1.54, 1.807) is 8.61 Å². The van der Waals surface area contributed by atoms with Gasteiger partial charge in [-0.15, -0.1) is 0 Å². The number of nitrogens with zero attached hydrogens (tertiary/aromatic N) is 2. The number of hydrogen-bond acceptors (Lipinski definition) is 3. The van der Waals surface area contributed by atoms with Crippen molar-refractivity contribution in [1.82, 2.24) is 13.9 Å². The Kier molecular flexibility index (Phi) is 4.07. The third-order valence-corrected chi connectivity index (χ3v) is 5.80. The van der Waals surface area contributed by atoms with Gasteiger partial charge in [-0.1, -0.05) is 6.92 Å². The summed E-state index contributed by atoms with van der Waals surface area (Å²) in [4.78, 5) is 0. The average Bonchev–Trinajstić information content (AvgIpc) is 2.76. The number of hydrogen-bond donors (Lipinski definition) is 1. The molecule has 0 aromatic heterocycles. The first kappa shape index (κ1) is 13.3. The van der Waals surface area contributed by atoms with Crippen molar-refractivity contribution in [2.24, 2.45) is 5.92 Å².